The molecule has 2 fully saturated rings. The van der Waals surface area contributed by atoms with E-state index in [9.17, 15) is 0 Å². The molecule has 1 aliphatic heterocycles. The summed E-state index contributed by atoms with van der Waals surface area (Å²) in [6.07, 6.45) is 4.34. The number of rotatable bonds is 1. The third-order valence-corrected chi connectivity index (χ3v) is 4.56. The Kier molecular flexibility index (Phi) is 2.77. The van der Waals surface area contributed by atoms with Gasteiger partial charge in [-0.25, -0.2) is 0 Å². The van der Waals surface area contributed by atoms with Gasteiger partial charge in [-0.1, -0.05) is 12.5 Å². The van der Waals surface area contributed by atoms with Crippen LogP contribution in [0.2, 0.25) is 0 Å². The van der Waals surface area contributed by atoms with Gasteiger partial charge in [-0.15, -0.1) is 11.3 Å². The highest BCUT2D eigenvalue weighted by Crippen LogP contribution is 2.32. The number of nitrogens with one attached hydrogen (secondary N) is 1. The third-order valence-electron chi connectivity index (χ3n) is 3.60. The monoisotopic (exact) mass is 223 g/mol. The zero-order valence-corrected chi connectivity index (χ0v) is 9.63. The van der Waals surface area contributed by atoms with Crippen molar-refractivity contribution in [1.82, 2.24) is 5.32 Å². The van der Waals surface area contributed by atoms with Crippen LogP contribution < -0.4 is 5.32 Å². The summed E-state index contributed by atoms with van der Waals surface area (Å²) >= 11 is 1.80. The van der Waals surface area contributed by atoms with E-state index in [1.54, 1.807) is 11.3 Å². The van der Waals surface area contributed by atoms with Crippen molar-refractivity contribution < 1.29 is 4.74 Å². The third kappa shape index (κ3) is 1.96. The van der Waals surface area contributed by atoms with E-state index in [2.05, 4.69) is 22.8 Å². The van der Waals surface area contributed by atoms with Gasteiger partial charge in [-0.3, -0.25) is 0 Å². The Labute approximate surface area is 94.6 Å². The van der Waals surface area contributed by atoms with Gasteiger partial charge >= 0.3 is 0 Å². The lowest BCUT2D eigenvalue weighted by Crippen LogP contribution is -2.32. The number of ether oxygens (including phenoxy) is 1. The predicted molar refractivity (Wildman–Crippen MR) is 62.1 cm³/mol. The van der Waals surface area contributed by atoms with Gasteiger partial charge in [0.1, 0.15) is 6.10 Å². The van der Waals surface area contributed by atoms with E-state index in [-0.39, 0.29) is 6.10 Å². The second-order valence-electron chi connectivity index (χ2n) is 4.54. The minimum atomic E-state index is 0.288. The maximum absolute atomic E-state index is 6.01. The van der Waals surface area contributed by atoms with Crippen LogP contribution in [-0.4, -0.2) is 19.2 Å². The van der Waals surface area contributed by atoms with Crippen molar-refractivity contribution in [2.45, 2.75) is 31.4 Å². The largest absolute Gasteiger partial charge is 0.371 e. The van der Waals surface area contributed by atoms with Crippen molar-refractivity contribution in [2.24, 2.45) is 5.92 Å². The molecule has 1 aromatic heterocycles. The topological polar surface area (TPSA) is 21.3 Å². The summed E-state index contributed by atoms with van der Waals surface area (Å²) in [5, 5.41) is 5.79. The number of hydrogen-bond acceptors (Lipinski definition) is 3. The second-order valence-corrected chi connectivity index (χ2v) is 5.52. The molecule has 3 unspecified atom stereocenters. The van der Waals surface area contributed by atoms with Crippen LogP contribution in [0.3, 0.4) is 0 Å². The first kappa shape index (κ1) is 9.82. The number of fused-ring (bicyclic) bond motifs is 1. The maximum atomic E-state index is 6.01. The van der Waals surface area contributed by atoms with E-state index < -0.39 is 0 Å². The smallest absolute Gasteiger partial charge is 0.104 e. The molecule has 2 heterocycles. The van der Waals surface area contributed by atoms with Crippen LogP contribution in [-0.2, 0) is 4.74 Å². The quantitative estimate of drug-likeness (QED) is 0.790. The summed E-state index contributed by atoms with van der Waals surface area (Å²) in [6.45, 7) is 1.93. The van der Waals surface area contributed by atoms with Crippen LogP contribution in [0.1, 0.15) is 30.2 Å². The van der Waals surface area contributed by atoms with Crippen LogP contribution in [0.25, 0.3) is 0 Å². The van der Waals surface area contributed by atoms with Crippen molar-refractivity contribution in [3.8, 4) is 0 Å². The van der Waals surface area contributed by atoms with Crippen LogP contribution in [0.15, 0.2) is 17.5 Å². The average molecular weight is 223 g/mol. The van der Waals surface area contributed by atoms with E-state index in [4.69, 9.17) is 4.74 Å². The Morgan fingerprint density at radius 3 is 3.27 bits per heavy atom. The Morgan fingerprint density at radius 2 is 2.40 bits per heavy atom. The molecule has 0 amide bonds. The fourth-order valence-electron chi connectivity index (χ4n) is 2.72. The van der Waals surface area contributed by atoms with Crippen LogP contribution in [0.5, 0.6) is 0 Å². The molecule has 1 aliphatic carbocycles. The molecule has 3 rings (SSSR count). The molecule has 3 heteroatoms. The van der Waals surface area contributed by atoms with Crippen molar-refractivity contribution in [3.05, 3.63) is 22.4 Å². The van der Waals surface area contributed by atoms with Gasteiger partial charge in [0.25, 0.3) is 0 Å². The Bertz CT molecular complexity index is 297. The molecule has 1 saturated heterocycles. The SMILES string of the molecule is c1csc(C2CNC3CCCC3CO2)c1. The van der Waals surface area contributed by atoms with Crippen molar-refractivity contribution in [2.75, 3.05) is 13.2 Å². The van der Waals surface area contributed by atoms with Crippen LogP contribution in [0.4, 0.5) is 0 Å². The van der Waals surface area contributed by atoms with Crippen molar-refractivity contribution in [1.29, 1.82) is 0 Å². The lowest BCUT2D eigenvalue weighted by molar-refractivity contribution is 0.0495. The maximum Gasteiger partial charge on any atom is 0.104 e. The number of hydrogen-bond donors (Lipinski definition) is 1. The molecule has 1 saturated carbocycles. The molecule has 0 radical (unpaired) electrons. The van der Waals surface area contributed by atoms with Crippen molar-refractivity contribution >= 4 is 11.3 Å². The molecule has 0 spiro atoms. The van der Waals surface area contributed by atoms with Crippen LogP contribution in [0, 0.1) is 5.92 Å². The zero-order chi connectivity index (χ0) is 10.1. The molecular formula is C12H17NOS. The normalized spacial score (nSPS) is 36.1. The predicted octanol–water partition coefficient (Wildman–Crippen LogP) is 2.58. The highest BCUT2D eigenvalue weighted by atomic mass is 32.1. The number of thiophene rings is 1. The minimum absolute atomic E-state index is 0.288. The summed E-state index contributed by atoms with van der Waals surface area (Å²) in [6, 6.07) is 5.00. The fraction of sp³-hybridized carbons (Fsp3) is 0.667. The van der Waals surface area contributed by atoms with Crippen molar-refractivity contribution in [3.63, 3.8) is 0 Å². The molecule has 1 N–H and O–H groups in total. The molecule has 2 aliphatic rings. The highest BCUT2D eigenvalue weighted by molar-refractivity contribution is 7.10. The Hall–Kier alpha value is -0.380. The fourth-order valence-corrected chi connectivity index (χ4v) is 3.49. The first-order valence-corrected chi connectivity index (χ1v) is 6.70. The van der Waals surface area contributed by atoms with Gasteiger partial charge in [0.2, 0.25) is 0 Å². The first-order valence-electron chi connectivity index (χ1n) is 5.82. The first-order chi connectivity index (χ1) is 7.43. The summed E-state index contributed by atoms with van der Waals surface area (Å²) in [5.41, 5.74) is 0. The molecule has 1 aromatic rings. The van der Waals surface area contributed by atoms with Crippen LogP contribution >= 0.6 is 11.3 Å². The van der Waals surface area contributed by atoms with E-state index in [1.807, 2.05) is 0 Å². The van der Waals surface area contributed by atoms with Gasteiger partial charge in [0.15, 0.2) is 0 Å². The second kappa shape index (κ2) is 4.24. The molecule has 15 heavy (non-hydrogen) atoms. The summed E-state index contributed by atoms with van der Waals surface area (Å²) in [5.74, 6) is 0.759. The van der Waals surface area contributed by atoms with Gasteiger partial charge in [-0.05, 0) is 30.2 Å². The van der Waals surface area contributed by atoms with Gasteiger partial charge in [0.05, 0.1) is 6.61 Å². The van der Waals surface area contributed by atoms with Gasteiger partial charge in [-0.2, -0.15) is 0 Å². The molecular weight excluding hydrogens is 206 g/mol. The molecule has 0 aromatic carbocycles. The van der Waals surface area contributed by atoms with Gasteiger partial charge < -0.3 is 10.1 Å². The minimum Gasteiger partial charge on any atom is -0.371 e. The Morgan fingerprint density at radius 1 is 1.40 bits per heavy atom. The van der Waals surface area contributed by atoms with E-state index in [0.717, 1.165) is 25.1 Å². The summed E-state index contributed by atoms with van der Waals surface area (Å²) in [4.78, 5) is 1.36. The average Bonchev–Trinajstić information content (AvgIpc) is 2.88. The Balaban J connectivity index is 1.69. The lowest BCUT2D eigenvalue weighted by atomic mass is 10.1. The molecule has 0 bridgehead atoms. The van der Waals surface area contributed by atoms with E-state index >= 15 is 0 Å². The highest BCUT2D eigenvalue weighted by Gasteiger charge is 2.31. The zero-order valence-electron chi connectivity index (χ0n) is 8.82. The molecule has 82 valence electrons. The summed E-state index contributed by atoms with van der Waals surface area (Å²) in [7, 11) is 0. The lowest BCUT2D eigenvalue weighted by Gasteiger charge is -2.14. The summed E-state index contributed by atoms with van der Waals surface area (Å²) < 4.78 is 6.01. The van der Waals surface area contributed by atoms with E-state index in [1.165, 1.54) is 24.1 Å². The molecule has 2 nitrogen and oxygen atoms in total. The van der Waals surface area contributed by atoms with Gasteiger partial charge in [0, 0.05) is 17.5 Å². The standard InChI is InChI=1S/C12H17NOS/c1-3-9-8-14-11(7-13-10(9)4-1)12-5-2-6-15-12/h2,5-6,9-11,13H,1,3-4,7-8H2. The van der Waals surface area contributed by atoms with E-state index in [0.29, 0.717) is 0 Å². The molecule has 3 atom stereocenters.